The first-order valence-electron chi connectivity index (χ1n) is 9.55. The van der Waals surface area contributed by atoms with Crippen LogP contribution in [0.3, 0.4) is 0 Å². The summed E-state index contributed by atoms with van der Waals surface area (Å²) >= 11 is 0. The van der Waals surface area contributed by atoms with Gasteiger partial charge in [0.1, 0.15) is 12.1 Å². The van der Waals surface area contributed by atoms with E-state index in [1.165, 1.54) is 6.20 Å². The number of aryl methyl sites for hydroxylation is 2. The number of imide groups is 1. The number of carbonyl (C=O) groups excluding carboxylic acids is 3. The van der Waals surface area contributed by atoms with Crippen LogP contribution in [0.25, 0.3) is 11.0 Å². The number of nitrogens with zero attached hydrogens (tertiary/aromatic N) is 4. The van der Waals surface area contributed by atoms with Crippen LogP contribution >= 0.6 is 0 Å². The minimum Gasteiger partial charge on any atom is -0.323 e. The standard InChI is InChI=1S/C19H24N6O3/c1-11-6-4-5-7-19(11)17(27)25(18(28)22-19)10-15(26)21-13-8-14-12(2)23-24(3)16(14)20-9-13/h8-9,11H,4-7,10H2,1-3H3,(H,21,26)(H,22,28)/t11-,19+/m0/s1. The molecule has 2 fully saturated rings. The average molecular weight is 384 g/mol. The summed E-state index contributed by atoms with van der Waals surface area (Å²) in [5.41, 5.74) is 1.17. The fraction of sp³-hybridized carbons (Fsp3) is 0.526. The van der Waals surface area contributed by atoms with Gasteiger partial charge < -0.3 is 10.6 Å². The van der Waals surface area contributed by atoms with Gasteiger partial charge in [0.2, 0.25) is 5.91 Å². The third kappa shape index (κ3) is 2.81. The summed E-state index contributed by atoms with van der Waals surface area (Å²) in [6.45, 7) is 3.54. The van der Waals surface area contributed by atoms with Gasteiger partial charge in [0.05, 0.1) is 17.6 Å². The molecule has 4 amide bonds. The van der Waals surface area contributed by atoms with Crippen LogP contribution in [0.5, 0.6) is 0 Å². The monoisotopic (exact) mass is 384 g/mol. The maximum atomic E-state index is 13.0. The molecule has 9 nitrogen and oxygen atoms in total. The summed E-state index contributed by atoms with van der Waals surface area (Å²) in [5.74, 6) is -0.672. The normalized spacial score (nSPS) is 24.8. The van der Waals surface area contributed by atoms with Gasteiger partial charge in [0.15, 0.2) is 5.65 Å². The second kappa shape index (κ2) is 6.57. The van der Waals surface area contributed by atoms with E-state index in [2.05, 4.69) is 20.7 Å². The van der Waals surface area contributed by atoms with Gasteiger partial charge in [0, 0.05) is 12.4 Å². The van der Waals surface area contributed by atoms with Gasteiger partial charge >= 0.3 is 6.03 Å². The van der Waals surface area contributed by atoms with Crippen LogP contribution < -0.4 is 10.6 Å². The molecule has 1 saturated heterocycles. The fourth-order valence-corrected chi connectivity index (χ4v) is 4.36. The lowest BCUT2D eigenvalue weighted by atomic mass is 9.73. The van der Waals surface area contributed by atoms with Crippen LogP contribution in [0.4, 0.5) is 10.5 Å². The molecule has 2 aromatic heterocycles. The molecule has 0 bridgehead atoms. The summed E-state index contributed by atoms with van der Waals surface area (Å²) in [6, 6.07) is 1.30. The van der Waals surface area contributed by atoms with Gasteiger partial charge in [-0.2, -0.15) is 5.10 Å². The number of rotatable bonds is 3. The van der Waals surface area contributed by atoms with Crippen LogP contribution in [0, 0.1) is 12.8 Å². The van der Waals surface area contributed by atoms with Crippen LogP contribution in [0.1, 0.15) is 38.3 Å². The molecule has 2 aliphatic rings. The van der Waals surface area contributed by atoms with Crippen molar-refractivity contribution in [1.29, 1.82) is 0 Å². The summed E-state index contributed by atoms with van der Waals surface area (Å²) in [7, 11) is 1.81. The zero-order valence-corrected chi connectivity index (χ0v) is 16.3. The molecule has 1 saturated carbocycles. The second-order valence-electron chi connectivity index (χ2n) is 7.79. The van der Waals surface area contributed by atoms with E-state index in [0.717, 1.165) is 40.9 Å². The number of carbonyl (C=O) groups is 3. The van der Waals surface area contributed by atoms with Gasteiger partial charge in [-0.15, -0.1) is 0 Å². The minimum absolute atomic E-state index is 0.0610. The Labute approximate surface area is 162 Å². The summed E-state index contributed by atoms with van der Waals surface area (Å²) in [4.78, 5) is 43.2. The van der Waals surface area contributed by atoms with Crippen molar-refractivity contribution in [3.63, 3.8) is 0 Å². The largest absolute Gasteiger partial charge is 0.325 e. The molecule has 2 N–H and O–H groups in total. The molecule has 1 spiro atoms. The minimum atomic E-state index is -0.858. The second-order valence-corrected chi connectivity index (χ2v) is 7.79. The average Bonchev–Trinajstić information content (AvgIpc) is 3.06. The van der Waals surface area contributed by atoms with Gasteiger partial charge in [-0.1, -0.05) is 19.8 Å². The zero-order chi connectivity index (χ0) is 20.1. The molecule has 0 aromatic carbocycles. The van der Waals surface area contributed by atoms with Crippen molar-refractivity contribution in [3.8, 4) is 0 Å². The Morgan fingerprint density at radius 2 is 2.18 bits per heavy atom. The highest BCUT2D eigenvalue weighted by Crippen LogP contribution is 2.38. The molecule has 4 rings (SSSR count). The molecule has 1 aliphatic carbocycles. The first-order valence-corrected chi connectivity index (χ1v) is 9.55. The number of pyridine rings is 1. The SMILES string of the molecule is Cc1nn(C)c2ncc(NC(=O)CN3C(=O)N[C@@]4(CCCC[C@@H]4C)C3=O)cc12. The third-order valence-electron chi connectivity index (χ3n) is 5.95. The highest BCUT2D eigenvalue weighted by molar-refractivity contribution is 6.10. The number of amides is 4. The number of hydrogen-bond acceptors (Lipinski definition) is 5. The number of urea groups is 1. The van der Waals surface area contributed by atoms with Crippen molar-refractivity contribution in [2.75, 3.05) is 11.9 Å². The van der Waals surface area contributed by atoms with Gasteiger partial charge in [-0.05, 0) is 31.7 Å². The maximum absolute atomic E-state index is 13.0. The topological polar surface area (TPSA) is 109 Å². The zero-order valence-electron chi connectivity index (χ0n) is 16.3. The molecular weight excluding hydrogens is 360 g/mol. The molecule has 148 valence electrons. The summed E-state index contributed by atoms with van der Waals surface area (Å²) < 4.78 is 1.67. The van der Waals surface area contributed by atoms with E-state index in [4.69, 9.17) is 0 Å². The van der Waals surface area contributed by atoms with Crippen LogP contribution in [-0.4, -0.2) is 49.6 Å². The van der Waals surface area contributed by atoms with E-state index in [-0.39, 0.29) is 18.4 Å². The molecule has 28 heavy (non-hydrogen) atoms. The Balaban J connectivity index is 1.48. The maximum Gasteiger partial charge on any atom is 0.325 e. The highest BCUT2D eigenvalue weighted by Gasteiger charge is 2.55. The predicted octanol–water partition coefficient (Wildman–Crippen LogP) is 1.72. The van der Waals surface area contributed by atoms with Crippen molar-refractivity contribution < 1.29 is 14.4 Å². The smallest absolute Gasteiger partial charge is 0.323 e. The first-order chi connectivity index (χ1) is 13.3. The van der Waals surface area contributed by atoms with E-state index in [1.807, 2.05) is 13.8 Å². The van der Waals surface area contributed by atoms with Crippen molar-refractivity contribution in [3.05, 3.63) is 18.0 Å². The van der Waals surface area contributed by atoms with E-state index in [9.17, 15) is 14.4 Å². The quantitative estimate of drug-likeness (QED) is 0.783. The molecular formula is C19H24N6O3. The molecule has 9 heteroatoms. The van der Waals surface area contributed by atoms with Gasteiger partial charge in [0.25, 0.3) is 5.91 Å². The molecule has 0 radical (unpaired) electrons. The van der Waals surface area contributed by atoms with Crippen LogP contribution in [-0.2, 0) is 16.6 Å². The lowest BCUT2D eigenvalue weighted by molar-refractivity contribution is -0.136. The van der Waals surface area contributed by atoms with E-state index >= 15 is 0 Å². The number of nitrogens with one attached hydrogen (secondary N) is 2. The van der Waals surface area contributed by atoms with E-state index < -0.39 is 17.5 Å². The Hall–Kier alpha value is -2.97. The van der Waals surface area contributed by atoms with Crippen molar-refractivity contribution in [2.24, 2.45) is 13.0 Å². The fourth-order valence-electron chi connectivity index (χ4n) is 4.36. The number of aromatic nitrogens is 3. The molecule has 2 aromatic rings. The Morgan fingerprint density at radius 3 is 2.93 bits per heavy atom. The van der Waals surface area contributed by atoms with Crippen molar-refractivity contribution >= 4 is 34.6 Å². The number of fused-ring (bicyclic) bond motifs is 1. The van der Waals surface area contributed by atoms with Gasteiger partial charge in [-0.3, -0.25) is 19.2 Å². The van der Waals surface area contributed by atoms with Crippen molar-refractivity contribution in [2.45, 2.75) is 45.1 Å². The van der Waals surface area contributed by atoms with E-state index in [1.54, 1.807) is 17.8 Å². The molecule has 0 unspecified atom stereocenters. The Kier molecular flexibility index (Phi) is 4.32. The van der Waals surface area contributed by atoms with Gasteiger partial charge in [-0.25, -0.2) is 9.78 Å². The molecule has 2 atom stereocenters. The van der Waals surface area contributed by atoms with E-state index in [0.29, 0.717) is 12.1 Å². The molecule has 1 aliphatic heterocycles. The summed E-state index contributed by atoms with van der Waals surface area (Å²) in [5, 5.41) is 10.7. The predicted molar refractivity (Wildman–Crippen MR) is 102 cm³/mol. The Morgan fingerprint density at radius 1 is 1.39 bits per heavy atom. The number of anilines is 1. The highest BCUT2D eigenvalue weighted by atomic mass is 16.2. The third-order valence-corrected chi connectivity index (χ3v) is 5.95. The lowest BCUT2D eigenvalue weighted by Gasteiger charge is -2.36. The first kappa shape index (κ1) is 18.4. The lowest BCUT2D eigenvalue weighted by Crippen LogP contribution is -2.54. The van der Waals surface area contributed by atoms with Crippen LogP contribution in [0.2, 0.25) is 0 Å². The summed E-state index contributed by atoms with van der Waals surface area (Å²) in [6.07, 6.45) is 5.00. The van der Waals surface area contributed by atoms with Crippen molar-refractivity contribution in [1.82, 2.24) is 25.0 Å². The molecule has 3 heterocycles. The Bertz CT molecular complexity index is 983. The number of hydrogen-bond donors (Lipinski definition) is 2. The van der Waals surface area contributed by atoms with Crippen LogP contribution in [0.15, 0.2) is 12.3 Å².